The van der Waals surface area contributed by atoms with E-state index in [1.165, 1.54) is 6.92 Å². The smallest absolute Gasteiger partial charge is 0.223 e. The van der Waals surface area contributed by atoms with Crippen molar-refractivity contribution < 1.29 is 9.59 Å². The first kappa shape index (κ1) is 8.94. The molecular formula is C11H11NO2. The second-order valence-corrected chi connectivity index (χ2v) is 3.43. The third-order valence-electron chi connectivity index (χ3n) is 2.55. The fourth-order valence-electron chi connectivity index (χ4n) is 1.85. The van der Waals surface area contributed by atoms with E-state index in [9.17, 15) is 9.59 Å². The minimum absolute atomic E-state index is 0.0122. The van der Waals surface area contributed by atoms with E-state index in [4.69, 9.17) is 0 Å². The van der Waals surface area contributed by atoms with Crippen molar-refractivity contribution in [1.82, 2.24) is 0 Å². The number of aldehydes is 1. The number of rotatable bonds is 1. The van der Waals surface area contributed by atoms with Crippen LogP contribution in [0.25, 0.3) is 0 Å². The number of hydrogen-bond donors (Lipinski definition) is 0. The van der Waals surface area contributed by atoms with Crippen LogP contribution in [0, 0.1) is 0 Å². The summed E-state index contributed by atoms with van der Waals surface area (Å²) in [4.78, 5) is 23.7. The summed E-state index contributed by atoms with van der Waals surface area (Å²) >= 11 is 0. The van der Waals surface area contributed by atoms with Gasteiger partial charge in [-0.25, -0.2) is 0 Å². The van der Waals surface area contributed by atoms with E-state index in [-0.39, 0.29) is 11.8 Å². The predicted octanol–water partition coefficient (Wildman–Crippen LogP) is 1.34. The molecule has 0 saturated carbocycles. The molecule has 0 aliphatic carbocycles. The molecule has 0 spiro atoms. The van der Waals surface area contributed by atoms with Gasteiger partial charge in [-0.2, -0.15) is 0 Å². The van der Waals surface area contributed by atoms with Crippen molar-refractivity contribution in [2.45, 2.75) is 12.8 Å². The molecule has 1 aromatic rings. The maximum atomic E-state index is 11.3. The van der Waals surface area contributed by atoms with Crippen LogP contribution in [-0.2, 0) is 9.59 Å². The highest BCUT2D eigenvalue weighted by Gasteiger charge is 2.29. The van der Waals surface area contributed by atoms with Crippen molar-refractivity contribution in [2.24, 2.45) is 0 Å². The van der Waals surface area contributed by atoms with E-state index in [1.807, 2.05) is 24.3 Å². The summed E-state index contributed by atoms with van der Waals surface area (Å²) in [6.45, 7) is 2.00. The van der Waals surface area contributed by atoms with Gasteiger partial charge in [0.2, 0.25) is 5.91 Å². The third-order valence-corrected chi connectivity index (χ3v) is 2.55. The number of para-hydroxylation sites is 1. The van der Waals surface area contributed by atoms with Gasteiger partial charge in [0.1, 0.15) is 6.29 Å². The molecule has 0 bridgehead atoms. The van der Waals surface area contributed by atoms with E-state index >= 15 is 0 Å². The second kappa shape index (κ2) is 3.25. The Balaban J connectivity index is 2.48. The molecule has 3 nitrogen and oxygen atoms in total. The first-order chi connectivity index (χ1) is 6.74. The molecule has 1 aliphatic rings. The Morgan fingerprint density at radius 2 is 2.21 bits per heavy atom. The van der Waals surface area contributed by atoms with Crippen molar-refractivity contribution in [3.63, 3.8) is 0 Å². The van der Waals surface area contributed by atoms with Crippen LogP contribution in [0.4, 0.5) is 5.69 Å². The number of anilines is 1. The third kappa shape index (κ3) is 1.21. The van der Waals surface area contributed by atoms with Crippen molar-refractivity contribution in [2.75, 3.05) is 11.4 Å². The minimum Gasteiger partial charge on any atom is -0.311 e. The summed E-state index contributed by atoms with van der Waals surface area (Å²) in [5, 5.41) is 0. The zero-order chi connectivity index (χ0) is 10.1. The molecule has 72 valence electrons. The van der Waals surface area contributed by atoms with Crippen LogP contribution in [0.2, 0.25) is 0 Å². The molecule has 0 N–H and O–H groups in total. The number of nitrogens with zero attached hydrogens (tertiary/aromatic N) is 1. The molecule has 3 heteroatoms. The Labute approximate surface area is 82.3 Å². The summed E-state index contributed by atoms with van der Waals surface area (Å²) in [6.07, 6.45) is 0.905. The Bertz CT molecular complexity index is 387. The van der Waals surface area contributed by atoms with E-state index in [2.05, 4.69) is 0 Å². The lowest BCUT2D eigenvalue weighted by molar-refractivity contribution is -0.116. The number of benzene rings is 1. The number of carbonyl (C=O) groups is 2. The molecule has 1 aromatic carbocycles. The summed E-state index contributed by atoms with van der Waals surface area (Å²) in [5.74, 6) is -0.170. The van der Waals surface area contributed by atoms with Crippen LogP contribution in [0.5, 0.6) is 0 Å². The fraction of sp³-hybridized carbons (Fsp3) is 0.273. The van der Waals surface area contributed by atoms with Gasteiger partial charge < -0.3 is 9.69 Å². The van der Waals surface area contributed by atoms with Gasteiger partial charge in [-0.15, -0.1) is 0 Å². The summed E-state index contributed by atoms with van der Waals surface area (Å²) in [6, 6.07) is 7.54. The van der Waals surface area contributed by atoms with Gasteiger partial charge in [0.25, 0.3) is 0 Å². The maximum absolute atomic E-state index is 11.3. The molecule has 1 atom stereocenters. The van der Waals surface area contributed by atoms with Gasteiger partial charge in [0.05, 0.1) is 5.92 Å². The van der Waals surface area contributed by atoms with E-state index in [1.54, 1.807) is 4.90 Å². The summed E-state index contributed by atoms with van der Waals surface area (Å²) in [5.41, 5.74) is 1.83. The quantitative estimate of drug-likeness (QED) is 0.625. The topological polar surface area (TPSA) is 37.4 Å². The Kier molecular flexibility index (Phi) is 2.08. The Hall–Kier alpha value is -1.64. The van der Waals surface area contributed by atoms with Gasteiger partial charge in [0, 0.05) is 19.2 Å². The normalized spacial score (nSPS) is 19.2. The zero-order valence-electron chi connectivity index (χ0n) is 7.93. The van der Waals surface area contributed by atoms with Crippen molar-refractivity contribution in [3.05, 3.63) is 29.8 Å². The van der Waals surface area contributed by atoms with Crippen LogP contribution in [0.3, 0.4) is 0 Å². The largest absolute Gasteiger partial charge is 0.311 e. The lowest BCUT2D eigenvalue weighted by atomic mass is 10.0. The first-order valence-electron chi connectivity index (χ1n) is 4.56. The van der Waals surface area contributed by atoms with Gasteiger partial charge in [-0.1, -0.05) is 18.2 Å². The first-order valence-corrected chi connectivity index (χ1v) is 4.56. The molecule has 1 amide bonds. The molecule has 14 heavy (non-hydrogen) atoms. The van der Waals surface area contributed by atoms with E-state index in [0.29, 0.717) is 6.54 Å². The average molecular weight is 189 g/mol. The number of carbonyl (C=O) groups excluding carboxylic acids is 2. The van der Waals surface area contributed by atoms with E-state index < -0.39 is 0 Å². The molecular weight excluding hydrogens is 178 g/mol. The molecule has 0 saturated heterocycles. The Morgan fingerprint density at radius 1 is 1.50 bits per heavy atom. The lowest BCUT2D eigenvalue weighted by Crippen LogP contribution is -2.27. The average Bonchev–Trinajstić information content (AvgIpc) is 2.56. The maximum Gasteiger partial charge on any atom is 0.223 e. The Morgan fingerprint density at radius 3 is 2.86 bits per heavy atom. The standard InChI is InChI=1S/C11H11NO2/c1-8(14)12-6-9(7-13)10-4-2-3-5-11(10)12/h2-5,7,9H,6H2,1H3. The molecule has 0 radical (unpaired) electrons. The van der Waals surface area contributed by atoms with Crippen LogP contribution in [0.15, 0.2) is 24.3 Å². The SMILES string of the molecule is CC(=O)N1CC(C=O)c2ccccc21. The molecule has 1 heterocycles. The molecule has 0 aromatic heterocycles. The van der Waals surface area contributed by atoms with Crippen LogP contribution in [-0.4, -0.2) is 18.7 Å². The highest BCUT2D eigenvalue weighted by atomic mass is 16.2. The van der Waals surface area contributed by atoms with Crippen LogP contribution >= 0.6 is 0 Å². The van der Waals surface area contributed by atoms with Gasteiger partial charge >= 0.3 is 0 Å². The number of fused-ring (bicyclic) bond motifs is 1. The lowest BCUT2D eigenvalue weighted by Gasteiger charge is -2.13. The monoisotopic (exact) mass is 189 g/mol. The van der Waals surface area contributed by atoms with Crippen molar-refractivity contribution in [3.8, 4) is 0 Å². The molecule has 1 unspecified atom stereocenters. The zero-order valence-corrected chi connectivity index (χ0v) is 7.93. The van der Waals surface area contributed by atoms with Gasteiger partial charge in [0.15, 0.2) is 0 Å². The predicted molar refractivity (Wildman–Crippen MR) is 53.3 cm³/mol. The highest BCUT2D eigenvalue weighted by molar-refractivity contribution is 5.96. The number of amides is 1. The van der Waals surface area contributed by atoms with Crippen LogP contribution in [0.1, 0.15) is 18.4 Å². The summed E-state index contributed by atoms with van der Waals surface area (Å²) < 4.78 is 0. The number of hydrogen-bond acceptors (Lipinski definition) is 2. The fourth-order valence-corrected chi connectivity index (χ4v) is 1.85. The van der Waals surface area contributed by atoms with Crippen LogP contribution < -0.4 is 4.90 Å². The molecule has 0 fully saturated rings. The molecule has 2 rings (SSSR count). The minimum atomic E-state index is -0.157. The summed E-state index contributed by atoms with van der Waals surface area (Å²) in [7, 11) is 0. The van der Waals surface area contributed by atoms with Crippen molar-refractivity contribution >= 4 is 17.9 Å². The highest BCUT2D eigenvalue weighted by Crippen LogP contribution is 2.34. The van der Waals surface area contributed by atoms with Crippen molar-refractivity contribution in [1.29, 1.82) is 0 Å². The van der Waals surface area contributed by atoms with Gasteiger partial charge in [-0.3, -0.25) is 4.79 Å². The molecule has 1 aliphatic heterocycles. The van der Waals surface area contributed by atoms with E-state index in [0.717, 1.165) is 17.5 Å². The second-order valence-electron chi connectivity index (χ2n) is 3.43. The van der Waals surface area contributed by atoms with Gasteiger partial charge in [-0.05, 0) is 11.6 Å².